The Morgan fingerprint density at radius 1 is 1.13 bits per heavy atom. The van der Waals surface area contributed by atoms with Gasteiger partial charge in [-0.05, 0) is 24.3 Å². The first-order valence-electron chi connectivity index (χ1n) is 7.73. The van der Waals surface area contributed by atoms with Crippen molar-refractivity contribution in [3.05, 3.63) is 57.3 Å². The second-order valence-corrected chi connectivity index (χ2v) is 7.92. The maximum atomic E-state index is 14.2. The van der Waals surface area contributed by atoms with E-state index in [0.717, 1.165) is 37.4 Å². The summed E-state index contributed by atoms with van der Waals surface area (Å²) in [5, 5.41) is -0.494. The van der Waals surface area contributed by atoms with Crippen LogP contribution < -0.4 is 18.9 Å². The SMILES string of the molecule is CNS(=O)(=O)NC(=O)c1cc(Cl)c(COc2ccc(OC(F)(F)F)c(Cl)c2)cc1F. The third-order valence-corrected chi connectivity index (χ3v) is 5.04. The number of hydrogen-bond acceptors (Lipinski definition) is 5. The maximum absolute atomic E-state index is 14.2. The minimum Gasteiger partial charge on any atom is -0.489 e. The van der Waals surface area contributed by atoms with Crippen LogP contribution >= 0.6 is 23.2 Å². The molecule has 164 valence electrons. The monoisotopic (exact) mass is 490 g/mol. The third kappa shape index (κ3) is 6.62. The summed E-state index contributed by atoms with van der Waals surface area (Å²) in [5.74, 6) is -2.92. The fourth-order valence-corrected chi connectivity index (χ4v) is 2.92. The van der Waals surface area contributed by atoms with Crippen LogP contribution in [0.4, 0.5) is 17.6 Å². The lowest BCUT2D eigenvalue weighted by atomic mass is 10.1. The van der Waals surface area contributed by atoms with Crippen molar-refractivity contribution in [2.24, 2.45) is 0 Å². The summed E-state index contributed by atoms with van der Waals surface area (Å²) in [5.41, 5.74) is -0.548. The van der Waals surface area contributed by atoms with Crippen molar-refractivity contribution in [3.8, 4) is 11.5 Å². The summed E-state index contributed by atoms with van der Waals surface area (Å²) in [4.78, 5) is 11.9. The molecule has 0 bridgehead atoms. The lowest BCUT2D eigenvalue weighted by Gasteiger charge is -2.13. The van der Waals surface area contributed by atoms with Crippen LogP contribution in [0.5, 0.6) is 11.5 Å². The molecule has 2 N–H and O–H groups in total. The highest BCUT2D eigenvalue weighted by atomic mass is 35.5. The molecule has 1 amide bonds. The fraction of sp³-hybridized carbons (Fsp3) is 0.188. The molecule has 14 heteroatoms. The van der Waals surface area contributed by atoms with Crippen LogP contribution in [0.15, 0.2) is 30.3 Å². The first-order chi connectivity index (χ1) is 13.8. The number of hydrogen-bond donors (Lipinski definition) is 2. The minimum absolute atomic E-state index is 0.0351. The highest BCUT2D eigenvalue weighted by Gasteiger charge is 2.32. The van der Waals surface area contributed by atoms with Gasteiger partial charge in [-0.25, -0.2) is 13.8 Å². The van der Waals surface area contributed by atoms with Crippen molar-refractivity contribution in [1.82, 2.24) is 9.44 Å². The van der Waals surface area contributed by atoms with E-state index in [4.69, 9.17) is 27.9 Å². The van der Waals surface area contributed by atoms with Crippen molar-refractivity contribution in [3.63, 3.8) is 0 Å². The van der Waals surface area contributed by atoms with Crippen LogP contribution in [0.3, 0.4) is 0 Å². The molecule has 7 nitrogen and oxygen atoms in total. The largest absolute Gasteiger partial charge is 0.573 e. The van der Waals surface area contributed by atoms with E-state index in [2.05, 4.69) is 4.74 Å². The molecule has 2 aromatic carbocycles. The van der Waals surface area contributed by atoms with Crippen LogP contribution in [0, 0.1) is 5.82 Å². The van der Waals surface area contributed by atoms with Gasteiger partial charge in [0.1, 0.15) is 23.9 Å². The second-order valence-electron chi connectivity index (χ2n) is 5.49. The van der Waals surface area contributed by atoms with Crippen LogP contribution in [0.25, 0.3) is 0 Å². The van der Waals surface area contributed by atoms with E-state index in [1.54, 1.807) is 4.72 Å². The minimum atomic E-state index is -4.92. The van der Waals surface area contributed by atoms with Crippen LogP contribution in [0.1, 0.15) is 15.9 Å². The van der Waals surface area contributed by atoms with Gasteiger partial charge in [-0.3, -0.25) is 4.79 Å². The van der Waals surface area contributed by atoms with E-state index in [9.17, 15) is 30.8 Å². The van der Waals surface area contributed by atoms with E-state index in [1.807, 2.05) is 4.72 Å². The molecule has 0 aliphatic heterocycles. The summed E-state index contributed by atoms with van der Waals surface area (Å²) in [6, 6.07) is 4.89. The van der Waals surface area contributed by atoms with Gasteiger partial charge in [0, 0.05) is 23.7 Å². The Kier molecular flexibility index (Phi) is 7.40. The lowest BCUT2D eigenvalue weighted by molar-refractivity contribution is -0.274. The maximum Gasteiger partial charge on any atom is 0.573 e. The van der Waals surface area contributed by atoms with Crippen LogP contribution in [-0.2, 0) is 16.8 Å². The van der Waals surface area contributed by atoms with Crippen molar-refractivity contribution in [2.75, 3.05) is 7.05 Å². The zero-order chi connectivity index (χ0) is 22.7. The van der Waals surface area contributed by atoms with E-state index < -0.39 is 39.6 Å². The average molecular weight is 491 g/mol. The molecule has 0 spiro atoms. The predicted molar refractivity (Wildman–Crippen MR) is 99.3 cm³/mol. The fourth-order valence-electron chi connectivity index (χ4n) is 2.04. The average Bonchev–Trinajstić information content (AvgIpc) is 2.62. The van der Waals surface area contributed by atoms with Gasteiger partial charge in [0.2, 0.25) is 0 Å². The van der Waals surface area contributed by atoms with Crippen molar-refractivity contribution >= 4 is 39.3 Å². The number of halogens is 6. The van der Waals surface area contributed by atoms with Crippen LogP contribution in [0.2, 0.25) is 10.0 Å². The second kappa shape index (κ2) is 9.25. The first-order valence-corrected chi connectivity index (χ1v) is 9.97. The Morgan fingerprint density at radius 3 is 2.37 bits per heavy atom. The third-order valence-electron chi connectivity index (χ3n) is 3.40. The summed E-state index contributed by atoms with van der Waals surface area (Å²) in [7, 11) is -3.10. The number of alkyl halides is 3. The number of nitrogens with one attached hydrogen (secondary N) is 2. The summed E-state index contributed by atoms with van der Waals surface area (Å²) in [6.45, 7) is -0.331. The molecule has 30 heavy (non-hydrogen) atoms. The molecular formula is C16H12Cl2F4N2O5S. The van der Waals surface area contributed by atoms with E-state index in [-0.39, 0.29) is 28.0 Å². The quantitative estimate of drug-likeness (QED) is 0.575. The first kappa shape index (κ1) is 24.0. The molecule has 0 fully saturated rings. The van der Waals surface area contributed by atoms with Gasteiger partial charge in [0.15, 0.2) is 0 Å². The molecule has 2 rings (SSSR count). The Balaban J connectivity index is 2.14. The van der Waals surface area contributed by atoms with E-state index >= 15 is 0 Å². The Labute approximate surface area is 178 Å². The summed E-state index contributed by atoms with van der Waals surface area (Å²) >= 11 is 11.7. The standard InChI is InChI=1S/C16H12Cl2F4N2O5S/c1-23-30(26,27)24-15(25)10-6-11(17)8(4-13(10)19)7-28-9-2-3-14(12(18)5-9)29-16(20,21)22/h2-6,23H,7H2,1H3,(H,24,25). The van der Waals surface area contributed by atoms with Crippen LogP contribution in [-0.4, -0.2) is 27.7 Å². The van der Waals surface area contributed by atoms with Gasteiger partial charge >= 0.3 is 16.6 Å². The molecular weight excluding hydrogens is 479 g/mol. The molecule has 0 heterocycles. The summed E-state index contributed by atoms with van der Waals surface area (Å²) in [6.07, 6.45) is -4.92. The van der Waals surface area contributed by atoms with Crippen molar-refractivity contribution < 1.29 is 40.2 Å². The van der Waals surface area contributed by atoms with E-state index in [0.29, 0.717) is 0 Å². The van der Waals surface area contributed by atoms with Gasteiger partial charge in [0.25, 0.3) is 5.91 Å². The van der Waals surface area contributed by atoms with Gasteiger partial charge in [-0.2, -0.15) is 8.42 Å². The van der Waals surface area contributed by atoms with Gasteiger partial charge < -0.3 is 9.47 Å². The number of rotatable bonds is 7. The van der Waals surface area contributed by atoms with Crippen molar-refractivity contribution in [1.29, 1.82) is 0 Å². The zero-order valence-electron chi connectivity index (χ0n) is 14.8. The van der Waals surface area contributed by atoms with Crippen molar-refractivity contribution in [2.45, 2.75) is 13.0 Å². The Morgan fingerprint density at radius 2 is 1.80 bits per heavy atom. The predicted octanol–water partition coefficient (Wildman–Crippen LogP) is 3.80. The highest BCUT2D eigenvalue weighted by molar-refractivity contribution is 7.88. The molecule has 2 aromatic rings. The molecule has 0 atom stereocenters. The molecule has 0 aromatic heterocycles. The Bertz CT molecular complexity index is 1060. The van der Waals surface area contributed by atoms with E-state index in [1.165, 1.54) is 0 Å². The summed E-state index contributed by atoms with van der Waals surface area (Å²) < 4.78 is 86.1. The number of benzene rings is 2. The highest BCUT2D eigenvalue weighted by Crippen LogP contribution is 2.33. The van der Waals surface area contributed by atoms with Gasteiger partial charge in [-0.1, -0.05) is 23.2 Å². The Hall–Kier alpha value is -2.28. The smallest absolute Gasteiger partial charge is 0.489 e. The number of carbonyl (C=O) groups is 1. The molecule has 0 radical (unpaired) electrons. The number of ether oxygens (including phenoxy) is 2. The lowest BCUT2D eigenvalue weighted by Crippen LogP contribution is -2.38. The molecule has 0 unspecified atom stereocenters. The van der Waals surface area contributed by atoms with Gasteiger partial charge in [0.05, 0.1) is 10.6 Å². The molecule has 0 saturated carbocycles. The molecule has 0 aliphatic carbocycles. The topological polar surface area (TPSA) is 93.7 Å². The number of carbonyl (C=O) groups excluding carboxylic acids is 1. The molecule has 0 aliphatic rings. The van der Waals surface area contributed by atoms with Gasteiger partial charge in [-0.15, -0.1) is 13.2 Å². The number of amides is 1. The normalized spacial score (nSPS) is 11.8. The molecule has 0 saturated heterocycles. The zero-order valence-corrected chi connectivity index (χ0v) is 17.1.